The number of esters is 1. The Labute approximate surface area is 142 Å². The molecular formula is C17H14FN3O4. The molecule has 0 aliphatic rings. The van der Waals surface area contributed by atoms with Gasteiger partial charge in [0.2, 0.25) is 0 Å². The molecule has 8 heteroatoms. The Morgan fingerprint density at radius 1 is 1.28 bits per heavy atom. The highest BCUT2D eigenvalue weighted by Crippen LogP contribution is 2.26. The Bertz CT molecular complexity index is 928. The average Bonchev–Trinajstić information content (AvgIpc) is 3.23. The second-order valence-corrected chi connectivity index (χ2v) is 5.20. The number of methoxy groups -OCH3 is 1. The smallest absolute Gasteiger partial charge is 0.341 e. The first-order valence-electron chi connectivity index (χ1n) is 7.25. The van der Waals surface area contributed by atoms with Crippen molar-refractivity contribution in [1.82, 2.24) is 9.55 Å². The van der Waals surface area contributed by atoms with E-state index in [1.54, 1.807) is 23.7 Å². The number of aryl methyl sites for hydroxylation is 1. The van der Waals surface area contributed by atoms with Gasteiger partial charge in [-0.3, -0.25) is 4.79 Å². The number of nitrogens with zero attached hydrogens (tertiary/aromatic N) is 2. The summed E-state index contributed by atoms with van der Waals surface area (Å²) in [5.74, 6) is -1.16. The number of carbonyl (C=O) groups excluding carboxylic acids is 2. The molecule has 128 valence electrons. The topological polar surface area (TPSA) is 86.4 Å². The SMILES string of the molecule is COC(=O)c1coc(C(=O)Nc2c(-c3ccc(F)cc3)ncn2C)c1. The average molecular weight is 343 g/mol. The van der Waals surface area contributed by atoms with Crippen LogP contribution in [0.4, 0.5) is 10.2 Å². The van der Waals surface area contributed by atoms with Crippen LogP contribution in [0.25, 0.3) is 11.3 Å². The van der Waals surface area contributed by atoms with Crippen LogP contribution in [-0.4, -0.2) is 28.5 Å². The summed E-state index contributed by atoms with van der Waals surface area (Å²) in [5, 5.41) is 2.68. The van der Waals surface area contributed by atoms with E-state index < -0.39 is 11.9 Å². The number of benzene rings is 1. The summed E-state index contributed by atoms with van der Waals surface area (Å²) in [6.07, 6.45) is 2.67. The fourth-order valence-corrected chi connectivity index (χ4v) is 2.25. The van der Waals surface area contributed by atoms with Crippen LogP contribution in [0.5, 0.6) is 0 Å². The molecule has 0 aliphatic heterocycles. The number of aromatic nitrogens is 2. The van der Waals surface area contributed by atoms with E-state index in [2.05, 4.69) is 15.0 Å². The quantitative estimate of drug-likeness (QED) is 0.736. The highest BCUT2D eigenvalue weighted by atomic mass is 19.1. The third-order valence-corrected chi connectivity index (χ3v) is 3.53. The molecule has 1 aromatic carbocycles. The molecule has 0 unspecified atom stereocenters. The highest BCUT2D eigenvalue weighted by molar-refractivity contribution is 6.05. The lowest BCUT2D eigenvalue weighted by Crippen LogP contribution is -2.14. The van der Waals surface area contributed by atoms with E-state index in [0.29, 0.717) is 17.1 Å². The Kier molecular flexibility index (Phi) is 4.34. The van der Waals surface area contributed by atoms with Gasteiger partial charge in [-0.25, -0.2) is 14.2 Å². The van der Waals surface area contributed by atoms with Gasteiger partial charge < -0.3 is 19.0 Å². The number of rotatable bonds is 4. The van der Waals surface area contributed by atoms with E-state index in [1.807, 2.05) is 0 Å². The minimum Gasteiger partial charge on any atom is -0.465 e. The summed E-state index contributed by atoms with van der Waals surface area (Å²) >= 11 is 0. The molecular weight excluding hydrogens is 329 g/mol. The predicted octanol–water partition coefficient (Wildman–Crippen LogP) is 2.86. The number of imidazole rings is 1. The van der Waals surface area contributed by atoms with Crippen molar-refractivity contribution >= 4 is 17.7 Å². The van der Waals surface area contributed by atoms with E-state index in [1.165, 1.54) is 31.6 Å². The number of halogens is 1. The number of amides is 1. The zero-order valence-corrected chi connectivity index (χ0v) is 13.4. The van der Waals surface area contributed by atoms with E-state index in [4.69, 9.17) is 4.42 Å². The number of hydrogen-bond acceptors (Lipinski definition) is 5. The Balaban J connectivity index is 1.87. The minimum atomic E-state index is -0.602. The fourth-order valence-electron chi connectivity index (χ4n) is 2.25. The maximum Gasteiger partial charge on any atom is 0.341 e. The van der Waals surface area contributed by atoms with Gasteiger partial charge in [0.15, 0.2) is 5.76 Å². The van der Waals surface area contributed by atoms with Crippen LogP contribution in [0.2, 0.25) is 0 Å². The molecule has 3 aromatic rings. The standard InChI is InChI=1S/C17H14FN3O4/c1-21-9-19-14(10-3-5-12(18)6-4-10)15(21)20-16(22)13-7-11(8-25-13)17(23)24-2/h3-9H,1-2H3,(H,20,22). The maximum atomic E-state index is 13.1. The van der Waals surface area contributed by atoms with Crippen molar-refractivity contribution in [2.45, 2.75) is 0 Å². The van der Waals surface area contributed by atoms with Crippen molar-refractivity contribution in [3.63, 3.8) is 0 Å². The molecule has 25 heavy (non-hydrogen) atoms. The van der Waals surface area contributed by atoms with Gasteiger partial charge in [0.1, 0.15) is 23.6 Å². The fraction of sp³-hybridized carbons (Fsp3) is 0.118. The number of nitrogens with one attached hydrogen (secondary N) is 1. The summed E-state index contributed by atoms with van der Waals surface area (Å²) in [7, 11) is 2.94. The van der Waals surface area contributed by atoms with E-state index in [9.17, 15) is 14.0 Å². The predicted molar refractivity (Wildman–Crippen MR) is 86.6 cm³/mol. The molecule has 1 N–H and O–H groups in total. The largest absolute Gasteiger partial charge is 0.465 e. The lowest BCUT2D eigenvalue weighted by Gasteiger charge is -2.07. The van der Waals surface area contributed by atoms with Gasteiger partial charge in [-0.1, -0.05) is 0 Å². The molecule has 0 bridgehead atoms. The van der Waals surface area contributed by atoms with Gasteiger partial charge in [-0.15, -0.1) is 0 Å². The van der Waals surface area contributed by atoms with E-state index >= 15 is 0 Å². The van der Waals surface area contributed by atoms with Crippen LogP contribution < -0.4 is 5.32 Å². The van der Waals surface area contributed by atoms with Crippen molar-refractivity contribution in [2.75, 3.05) is 12.4 Å². The third-order valence-electron chi connectivity index (χ3n) is 3.53. The Morgan fingerprint density at radius 2 is 2.00 bits per heavy atom. The molecule has 0 fully saturated rings. The van der Waals surface area contributed by atoms with Gasteiger partial charge in [0.05, 0.1) is 19.0 Å². The van der Waals surface area contributed by atoms with Gasteiger partial charge in [-0.05, 0) is 24.3 Å². The van der Waals surface area contributed by atoms with Crippen LogP contribution in [-0.2, 0) is 11.8 Å². The molecule has 2 aromatic heterocycles. The summed E-state index contributed by atoms with van der Waals surface area (Å²) < 4.78 is 24.4. The number of carbonyl (C=O) groups is 2. The number of anilines is 1. The summed E-state index contributed by atoms with van der Waals surface area (Å²) in [6, 6.07) is 7.04. The highest BCUT2D eigenvalue weighted by Gasteiger charge is 2.19. The van der Waals surface area contributed by atoms with Crippen molar-refractivity contribution < 1.29 is 23.1 Å². The second kappa shape index (κ2) is 6.60. The van der Waals surface area contributed by atoms with Crippen LogP contribution in [0.3, 0.4) is 0 Å². The molecule has 3 rings (SSSR count). The molecule has 0 atom stereocenters. The van der Waals surface area contributed by atoms with Gasteiger partial charge in [0.25, 0.3) is 5.91 Å². The van der Waals surface area contributed by atoms with Crippen LogP contribution >= 0.6 is 0 Å². The van der Waals surface area contributed by atoms with E-state index in [-0.39, 0.29) is 17.1 Å². The Hall–Kier alpha value is -3.42. The third kappa shape index (κ3) is 3.27. The molecule has 1 amide bonds. The molecule has 0 spiro atoms. The summed E-state index contributed by atoms with van der Waals surface area (Å²) in [5.41, 5.74) is 1.26. The lowest BCUT2D eigenvalue weighted by atomic mass is 10.1. The van der Waals surface area contributed by atoms with Crippen LogP contribution in [0.1, 0.15) is 20.9 Å². The number of hydrogen-bond donors (Lipinski definition) is 1. The van der Waals surface area contributed by atoms with Crippen molar-refractivity contribution in [2.24, 2.45) is 7.05 Å². The van der Waals surface area contributed by atoms with E-state index in [0.717, 1.165) is 6.26 Å². The second-order valence-electron chi connectivity index (χ2n) is 5.20. The molecule has 0 aliphatic carbocycles. The molecule has 0 radical (unpaired) electrons. The van der Waals surface area contributed by atoms with Gasteiger partial charge in [0, 0.05) is 18.7 Å². The monoisotopic (exact) mass is 343 g/mol. The number of ether oxygens (including phenoxy) is 1. The van der Waals surface area contributed by atoms with Gasteiger partial charge in [-0.2, -0.15) is 0 Å². The maximum absolute atomic E-state index is 13.1. The number of furan rings is 1. The van der Waals surface area contributed by atoms with Gasteiger partial charge >= 0.3 is 5.97 Å². The zero-order valence-electron chi connectivity index (χ0n) is 13.4. The van der Waals surface area contributed by atoms with Crippen molar-refractivity contribution in [3.8, 4) is 11.3 Å². The lowest BCUT2D eigenvalue weighted by molar-refractivity contribution is 0.0600. The molecule has 0 saturated heterocycles. The van der Waals surface area contributed by atoms with Crippen LogP contribution in [0.15, 0.2) is 47.3 Å². The first-order chi connectivity index (χ1) is 12.0. The zero-order chi connectivity index (χ0) is 18.0. The van der Waals surface area contributed by atoms with Crippen molar-refractivity contribution in [3.05, 3.63) is 60.1 Å². The minimum absolute atomic E-state index is 0.0494. The summed E-state index contributed by atoms with van der Waals surface area (Å²) in [4.78, 5) is 28.0. The first-order valence-corrected chi connectivity index (χ1v) is 7.25. The molecule has 7 nitrogen and oxygen atoms in total. The normalized spacial score (nSPS) is 10.5. The Morgan fingerprint density at radius 3 is 2.68 bits per heavy atom. The first kappa shape index (κ1) is 16.4. The summed E-state index contributed by atoms with van der Waals surface area (Å²) in [6.45, 7) is 0. The van der Waals surface area contributed by atoms with Crippen LogP contribution in [0, 0.1) is 5.82 Å². The molecule has 2 heterocycles. The molecule has 0 saturated carbocycles. The van der Waals surface area contributed by atoms with Crippen molar-refractivity contribution in [1.29, 1.82) is 0 Å².